The number of aryl methyl sites for hydroxylation is 1. The highest BCUT2D eigenvalue weighted by Gasteiger charge is 2.15. The molecule has 98 valence electrons. The molecule has 0 spiro atoms. The Morgan fingerprint density at radius 3 is 2.67 bits per heavy atom. The maximum absolute atomic E-state index is 5.96. The number of aromatic nitrogens is 2. The first-order chi connectivity index (χ1) is 8.63. The Balaban J connectivity index is 2.39. The Hall–Kier alpha value is -1.35. The van der Waals surface area contributed by atoms with Crippen LogP contribution in [0.3, 0.4) is 0 Å². The third-order valence-corrected chi connectivity index (χ3v) is 3.58. The standard InChI is InChI=1S/C15H23N3/c1-4-9-18-14-8-6-5-7-13(14)17-15(18)10-11(2)12(3)16/h5-8,11-12H,4,9-10,16H2,1-3H3. The highest BCUT2D eigenvalue weighted by molar-refractivity contribution is 5.75. The van der Waals surface area contributed by atoms with E-state index in [0.717, 1.165) is 24.9 Å². The van der Waals surface area contributed by atoms with Crippen LogP contribution in [0.5, 0.6) is 0 Å². The van der Waals surface area contributed by atoms with Gasteiger partial charge in [-0.2, -0.15) is 0 Å². The summed E-state index contributed by atoms with van der Waals surface area (Å²) in [6, 6.07) is 8.57. The quantitative estimate of drug-likeness (QED) is 0.880. The van der Waals surface area contributed by atoms with Crippen LogP contribution in [0.1, 0.15) is 33.0 Å². The van der Waals surface area contributed by atoms with Crippen LogP contribution in [-0.4, -0.2) is 15.6 Å². The van der Waals surface area contributed by atoms with E-state index in [1.54, 1.807) is 0 Å². The molecule has 3 nitrogen and oxygen atoms in total. The smallest absolute Gasteiger partial charge is 0.110 e. The van der Waals surface area contributed by atoms with Gasteiger partial charge in [-0.15, -0.1) is 0 Å². The summed E-state index contributed by atoms with van der Waals surface area (Å²) >= 11 is 0. The van der Waals surface area contributed by atoms with Crippen molar-refractivity contribution in [3.63, 3.8) is 0 Å². The third-order valence-electron chi connectivity index (χ3n) is 3.58. The summed E-state index contributed by atoms with van der Waals surface area (Å²) in [5.74, 6) is 1.63. The fraction of sp³-hybridized carbons (Fsp3) is 0.533. The average Bonchev–Trinajstić information content (AvgIpc) is 2.68. The van der Waals surface area contributed by atoms with Crippen molar-refractivity contribution >= 4 is 11.0 Å². The number of fused-ring (bicyclic) bond motifs is 1. The predicted molar refractivity (Wildman–Crippen MR) is 76.5 cm³/mol. The summed E-state index contributed by atoms with van der Waals surface area (Å²) in [5, 5.41) is 0. The van der Waals surface area contributed by atoms with E-state index >= 15 is 0 Å². The lowest BCUT2D eigenvalue weighted by molar-refractivity contribution is 0.460. The second kappa shape index (κ2) is 5.53. The van der Waals surface area contributed by atoms with Crippen LogP contribution in [0.25, 0.3) is 11.0 Å². The molecular formula is C15H23N3. The minimum absolute atomic E-state index is 0.208. The van der Waals surface area contributed by atoms with Crippen molar-refractivity contribution in [3.05, 3.63) is 30.1 Å². The summed E-state index contributed by atoms with van der Waals surface area (Å²) in [6.07, 6.45) is 2.08. The van der Waals surface area contributed by atoms with E-state index in [9.17, 15) is 0 Å². The maximum Gasteiger partial charge on any atom is 0.110 e. The Kier molecular flexibility index (Phi) is 4.02. The molecule has 0 aliphatic carbocycles. The van der Waals surface area contributed by atoms with Gasteiger partial charge in [-0.3, -0.25) is 0 Å². The molecule has 2 atom stereocenters. The van der Waals surface area contributed by atoms with Gasteiger partial charge in [-0.1, -0.05) is 26.0 Å². The highest BCUT2D eigenvalue weighted by Crippen LogP contribution is 2.19. The normalized spacial score (nSPS) is 14.9. The van der Waals surface area contributed by atoms with Gasteiger partial charge in [0, 0.05) is 19.0 Å². The molecular weight excluding hydrogens is 222 g/mol. The predicted octanol–water partition coefficient (Wildman–Crippen LogP) is 2.97. The fourth-order valence-electron chi connectivity index (χ4n) is 2.23. The molecule has 0 aliphatic heterocycles. The first-order valence-electron chi connectivity index (χ1n) is 6.83. The zero-order valence-electron chi connectivity index (χ0n) is 11.6. The van der Waals surface area contributed by atoms with Crippen molar-refractivity contribution in [2.45, 2.75) is 46.2 Å². The molecule has 0 bridgehead atoms. The molecule has 1 aromatic heterocycles. The van der Waals surface area contributed by atoms with E-state index in [1.165, 1.54) is 11.3 Å². The summed E-state index contributed by atoms with van der Waals surface area (Å²) in [5.41, 5.74) is 8.30. The molecule has 0 aliphatic rings. The second-order valence-corrected chi connectivity index (χ2v) is 5.21. The summed E-state index contributed by atoms with van der Waals surface area (Å²) in [7, 11) is 0. The molecule has 2 aromatic rings. The topological polar surface area (TPSA) is 43.8 Å². The van der Waals surface area contributed by atoms with Gasteiger partial charge in [0.05, 0.1) is 11.0 Å². The van der Waals surface area contributed by atoms with E-state index in [0.29, 0.717) is 5.92 Å². The molecule has 3 heteroatoms. The van der Waals surface area contributed by atoms with Crippen LogP contribution >= 0.6 is 0 Å². The zero-order valence-corrected chi connectivity index (χ0v) is 11.6. The Bertz CT molecular complexity index is 513. The molecule has 0 amide bonds. The number of hydrogen-bond donors (Lipinski definition) is 1. The summed E-state index contributed by atoms with van der Waals surface area (Å²) in [4.78, 5) is 4.76. The van der Waals surface area contributed by atoms with E-state index in [2.05, 4.69) is 43.5 Å². The van der Waals surface area contributed by atoms with Crippen molar-refractivity contribution in [1.29, 1.82) is 0 Å². The average molecular weight is 245 g/mol. The van der Waals surface area contributed by atoms with Crippen LogP contribution in [0.2, 0.25) is 0 Å². The van der Waals surface area contributed by atoms with E-state index in [4.69, 9.17) is 10.7 Å². The first-order valence-corrected chi connectivity index (χ1v) is 6.83. The minimum Gasteiger partial charge on any atom is -0.328 e. The third kappa shape index (κ3) is 2.56. The molecule has 2 rings (SSSR count). The largest absolute Gasteiger partial charge is 0.328 e. The van der Waals surface area contributed by atoms with E-state index in [1.807, 2.05) is 6.07 Å². The molecule has 0 saturated heterocycles. The van der Waals surface area contributed by atoms with Crippen LogP contribution in [0.4, 0.5) is 0 Å². The van der Waals surface area contributed by atoms with Gasteiger partial charge in [0.2, 0.25) is 0 Å². The summed E-state index contributed by atoms with van der Waals surface area (Å²) in [6.45, 7) is 7.49. The van der Waals surface area contributed by atoms with Crippen molar-refractivity contribution in [3.8, 4) is 0 Å². The van der Waals surface area contributed by atoms with Gasteiger partial charge in [-0.25, -0.2) is 4.98 Å². The maximum atomic E-state index is 5.96. The first kappa shape index (κ1) is 13.1. The SMILES string of the molecule is CCCn1c(CC(C)C(C)N)nc2ccccc21. The number of nitrogens with two attached hydrogens (primary N) is 1. The van der Waals surface area contributed by atoms with Crippen molar-refractivity contribution < 1.29 is 0 Å². The minimum atomic E-state index is 0.208. The number of benzene rings is 1. The van der Waals surface area contributed by atoms with Gasteiger partial charge in [0.15, 0.2) is 0 Å². The second-order valence-electron chi connectivity index (χ2n) is 5.21. The lowest BCUT2D eigenvalue weighted by atomic mass is 10.0. The molecule has 0 saturated carbocycles. The zero-order chi connectivity index (χ0) is 13.1. The molecule has 1 heterocycles. The molecule has 0 radical (unpaired) electrons. The van der Waals surface area contributed by atoms with Crippen molar-refractivity contribution in [1.82, 2.24) is 9.55 Å². The Morgan fingerprint density at radius 2 is 2.00 bits per heavy atom. The van der Waals surface area contributed by atoms with Gasteiger partial charge < -0.3 is 10.3 Å². The van der Waals surface area contributed by atoms with Crippen LogP contribution < -0.4 is 5.73 Å². The summed E-state index contributed by atoms with van der Waals surface area (Å²) < 4.78 is 2.34. The molecule has 18 heavy (non-hydrogen) atoms. The molecule has 0 fully saturated rings. The Labute approximate surface area is 109 Å². The fourth-order valence-corrected chi connectivity index (χ4v) is 2.23. The lowest BCUT2D eigenvalue weighted by Gasteiger charge is -2.16. The number of para-hydroxylation sites is 2. The van der Waals surface area contributed by atoms with Crippen molar-refractivity contribution in [2.24, 2.45) is 11.7 Å². The number of rotatable bonds is 5. The highest BCUT2D eigenvalue weighted by atomic mass is 15.1. The lowest BCUT2D eigenvalue weighted by Crippen LogP contribution is -2.26. The molecule has 2 N–H and O–H groups in total. The van der Waals surface area contributed by atoms with E-state index in [-0.39, 0.29) is 6.04 Å². The van der Waals surface area contributed by atoms with Crippen LogP contribution in [0.15, 0.2) is 24.3 Å². The van der Waals surface area contributed by atoms with Crippen LogP contribution in [0, 0.1) is 5.92 Å². The van der Waals surface area contributed by atoms with E-state index < -0.39 is 0 Å². The molecule has 2 unspecified atom stereocenters. The van der Waals surface area contributed by atoms with Gasteiger partial charge in [0.25, 0.3) is 0 Å². The van der Waals surface area contributed by atoms with Gasteiger partial charge in [-0.05, 0) is 31.4 Å². The Morgan fingerprint density at radius 1 is 1.28 bits per heavy atom. The van der Waals surface area contributed by atoms with Gasteiger partial charge >= 0.3 is 0 Å². The molecule has 1 aromatic carbocycles. The van der Waals surface area contributed by atoms with Crippen molar-refractivity contribution in [2.75, 3.05) is 0 Å². The number of hydrogen-bond acceptors (Lipinski definition) is 2. The number of nitrogens with zero attached hydrogens (tertiary/aromatic N) is 2. The van der Waals surface area contributed by atoms with Gasteiger partial charge in [0.1, 0.15) is 5.82 Å². The monoisotopic (exact) mass is 245 g/mol. The number of imidazole rings is 1. The van der Waals surface area contributed by atoms with Crippen LogP contribution in [-0.2, 0) is 13.0 Å².